The van der Waals surface area contributed by atoms with E-state index in [1.807, 2.05) is 43.3 Å². The number of likely N-dealkylation sites (tertiary alicyclic amines) is 1. The van der Waals surface area contributed by atoms with Gasteiger partial charge in [0, 0.05) is 31.4 Å². The average molecular weight is 415 g/mol. The van der Waals surface area contributed by atoms with Crippen molar-refractivity contribution in [3.63, 3.8) is 0 Å². The molecule has 2 heterocycles. The van der Waals surface area contributed by atoms with Crippen LogP contribution in [0.1, 0.15) is 25.3 Å². The molecule has 162 valence electrons. The minimum atomic E-state index is -1.66. The predicted molar refractivity (Wildman–Crippen MR) is 112 cm³/mol. The Bertz CT molecular complexity index is 824. The van der Waals surface area contributed by atoms with Crippen LogP contribution in [0.5, 0.6) is 5.88 Å². The van der Waals surface area contributed by atoms with Crippen molar-refractivity contribution in [2.75, 3.05) is 19.7 Å². The highest BCUT2D eigenvalue weighted by Gasteiger charge is 2.34. The van der Waals surface area contributed by atoms with E-state index in [4.69, 9.17) is 4.74 Å². The van der Waals surface area contributed by atoms with Crippen LogP contribution < -0.4 is 10.1 Å². The zero-order valence-electron chi connectivity index (χ0n) is 17.1. The molecular weight excluding hydrogens is 386 g/mol. The van der Waals surface area contributed by atoms with Crippen molar-refractivity contribution in [1.82, 2.24) is 15.2 Å². The summed E-state index contributed by atoms with van der Waals surface area (Å²) in [6.45, 7) is 3.83. The van der Waals surface area contributed by atoms with E-state index in [9.17, 15) is 20.1 Å². The number of carbonyl (C=O) groups excluding carboxylic acids is 1. The van der Waals surface area contributed by atoms with Gasteiger partial charge in [-0.25, -0.2) is 4.98 Å². The molecule has 1 saturated heterocycles. The Morgan fingerprint density at radius 3 is 2.53 bits per heavy atom. The molecule has 2 aromatic rings. The molecule has 4 N–H and O–H groups in total. The third-order valence-electron chi connectivity index (χ3n) is 5.15. The van der Waals surface area contributed by atoms with E-state index in [0.29, 0.717) is 25.6 Å². The third-order valence-corrected chi connectivity index (χ3v) is 5.15. The number of amides is 1. The summed E-state index contributed by atoms with van der Waals surface area (Å²) in [4.78, 5) is 17.9. The first kappa shape index (κ1) is 22.2. The Morgan fingerprint density at radius 2 is 1.87 bits per heavy atom. The molecule has 8 nitrogen and oxygen atoms in total. The summed E-state index contributed by atoms with van der Waals surface area (Å²) in [5.41, 5.74) is 2.70. The standard InChI is InChI=1S/C22H29N3O5/c1-2-30-21-17(6-5-11-23-21)16-9-7-15(8-10-16)14-24-20(28)18(26)19(27)22(29)25-12-3-4-13-25/h5-11,18-20,24,26-28H,2-4,12-14H2,1H3/t18-,19-,20?/m1/s1. The van der Waals surface area contributed by atoms with Crippen molar-refractivity contribution in [3.05, 3.63) is 48.2 Å². The lowest BCUT2D eigenvalue weighted by Crippen LogP contribution is -2.52. The smallest absolute Gasteiger partial charge is 0.254 e. The zero-order chi connectivity index (χ0) is 21.5. The Morgan fingerprint density at radius 1 is 1.17 bits per heavy atom. The molecule has 1 amide bonds. The first-order valence-electron chi connectivity index (χ1n) is 10.2. The number of aliphatic hydroxyl groups is 3. The molecule has 0 spiro atoms. The zero-order valence-corrected chi connectivity index (χ0v) is 17.1. The van der Waals surface area contributed by atoms with Crippen LogP contribution in [-0.4, -0.2) is 69.2 Å². The molecule has 3 rings (SSSR count). The van der Waals surface area contributed by atoms with E-state index in [1.54, 1.807) is 6.20 Å². The van der Waals surface area contributed by atoms with Crippen LogP contribution in [0.25, 0.3) is 11.1 Å². The highest BCUT2D eigenvalue weighted by molar-refractivity contribution is 5.81. The molecule has 8 heteroatoms. The molecule has 1 aromatic carbocycles. The number of aromatic nitrogens is 1. The maximum atomic E-state index is 12.2. The molecule has 1 aromatic heterocycles. The van der Waals surface area contributed by atoms with E-state index in [1.165, 1.54) is 4.90 Å². The van der Waals surface area contributed by atoms with Gasteiger partial charge in [-0.15, -0.1) is 0 Å². The van der Waals surface area contributed by atoms with Gasteiger partial charge < -0.3 is 25.0 Å². The lowest BCUT2D eigenvalue weighted by Gasteiger charge is -2.26. The molecule has 1 aliphatic heterocycles. The second-order valence-corrected chi connectivity index (χ2v) is 7.28. The minimum absolute atomic E-state index is 0.258. The Kier molecular flexibility index (Phi) is 7.75. The van der Waals surface area contributed by atoms with E-state index < -0.39 is 24.3 Å². The second-order valence-electron chi connectivity index (χ2n) is 7.28. The van der Waals surface area contributed by atoms with Crippen molar-refractivity contribution in [3.8, 4) is 17.0 Å². The lowest BCUT2D eigenvalue weighted by atomic mass is 10.0. The van der Waals surface area contributed by atoms with Crippen LogP contribution in [0.15, 0.2) is 42.6 Å². The van der Waals surface area contributed by atoms with Crippen LogP contribution >= 0.6 is 0 Å². The van der Waals surface area contributed by atoms with E-state index in [-0.39, 0.29) is 6.54 Å². The van der Waals surface area contributed by atoms with Gasteiger partial charge in [0.2, 0.25) is 5.88 Å². The van der Waals surface area contributed by atoms with Crippen LogP contribution in [0.2, 0.25) is 0 Å². The number of aliphatic hydroxyl groups excluding tert-OH is 3. The van der Waals surface area contributed by atoms with Crippen LogP contribution in [-0.2, 0) is 11.3 Å². The summed E-state index contributed by atoms with van der Waals surface area (Å²) >= 11 is 0. The second kappa shape index (κ2) is 10.5. The number of carbonyl (C=O) groups is 1. The molecule has 1 aliphatic rings. The van der Waals surface area contributed by atoms with Gasteiger partial charge in [0.05, 0.1) is 6.61 Å². The van der Waals surface area contributed by atoms with E-state index in [0.717, 1.165) is 29.5 Å². The number of hydrogen-bond acceptors (Lipinski definition) is 7. The first-order valence-corrected chi connectivity index (χ1v) is 10.2. The number of benzene rings is 1. The van der Waals surface area contributed by atoms with E-state index in [2.05, 4.69) is 10.3 Å². The number of ether oxygens (including phenoxy) is 1. The van der Waals surface area contributed by atoms with Crippen molar-refractivity contribution >= 4 is 5.91 Å². The van der Waals surface area contributed by atoms with Gasteiger partial charge in [-0.3, -0.25) is 10.1 Å². The van der Waals surface area contributed by atoms with Crippen molar-refractivity contribution in [2.24, 2.45) is 0 Å². The highest BCUT2D eigenvalue weighted by atomic mass is 16.5. The molecule has 3 atom stereocenters. The SMILES string of the molecule is CCOc1ncccc1-c1ccc(CNC(O)[C@H](O)[C@@H](O)C(=O)N2CCCC2)cc1. The normalized spacial score (nSPS) is 16.9. The molecule has 0 saturated carbocycles. The fraction of sp³-hybridized carbons (Fsp3) is 0.455. The van der Waals surface area contributed by atoms with Crippen LogP contribution in [0, 0.1) is 0 Å². The number of pyridine rings is 1. The summed E-state index contributed by atoms with van der Waals surface area (Å²) in [5.74, 6) is 0.0212. The highest BCUT2D eigenvalue weighted by Crippen LogP contribution is 2.27. The Labute approximate surface area is 176 Å². The average Bonchev–Trinajstić information content (AvgIpc) is 3.32. The summed E-state index contributed by atoms with van der Waals surface area (Å²) in [6.07, 6.45) is -1.25. The maximum Gasteiger partial charge on any atom is 0.254 e. The molecule has 1 fully saturated rings. The van der Waals surface area contributed by atoms with E-state index >= 15 is 0 Å². The van der Waals surface area contributed by atoms with Gasteiger partial charge in [0.25, 0.3) is 5.91 Å². The van der Waals surface area contributed by atoms with Gasteiger partial charge in [-0.05, 0) is 43.0 Å². The molecule has 1 unspecified atom stereocenters. The van der Waals surface area contributed by atoms with Gasteiger partial charge in [0.15, 0.2) is 6.10 Å². The summed E-state index contributed by atoms with van der Waals surface area (Å²) in [6, 6.07) is 11.4. The van der Waals surface area contributed by atoms with Gasteiger partial charge >= 0.3 is 0 Å². The van der Waals surface area contributed by atoms with Gasteiger partial charge in [0.1, 0.15) is 12.3 Å². The fourth-order valence-corrected chi connectivity index (χ4v) is 3.45. The summed E-state index contributed by atoms with van der Waals surface area (Å²) in [7, 11) is 0. The molecular formula is C22H29N3O5. The number of nitrogens with zero attached hydrogens (tertiary/aromatic N) is 2. The lowest BCUT2D eigenvalue weighted by molar-refractivity contribution is -0.151. The van der Waals surface area contributed by atoms with Crippen molar-refractivity contribution in [1.29, 1.82) is 0 Å². The molecule has 0 radical (unpaired) electrons. The largest absolute Gasteiger partial charge is 0.478 e. The topological polar surface area (TPSA) is 115 Å². The third kappa shape index (κ3) is 5.34. The summed E-state index contributed by atoms with van der Waals surface area (Å²) in [5, 5.41) is 33.1. The van der Waals surface area contributed by atoms with Gasteiger partial charge in [-0.2, -0.15) is 0 Å². The molecule has 0 bridgehead atoms. The Balaban J connectivity index is 1.56. The maximum absolute atomic E-state index is 12.2. The molecule has 30 heavy (non-hydrogen) atoms. The van der Waals surface area contributed by atoms with Crippen molar-refractivity contribution < 1.29 is 24.9 Å². The molecule has 0 aliphatic carbocycles. The number of rotatable bonds is 9. The van der Waals surface area contributed by atoms with Crippen molar-refractivity contribution in [2.45, 2.75) is 44.7 Å². The monoisotopic (exact) mass is 415 g/mol. The summed E-state index contributed by atoms with van der Waals surface area (Å²) < 4.78 is 5.57. The van der Waals surface area contributed by atoms with Gasteiger partial charge in [-0.1, -0.05) is 24.3 Å². The van der Waals surface area contributed by atoms with Crippen LogP contribution in [0.4, 0.5) is 0 Å². The first-order chi connectivity index (χ1) is 14.5. The Hall–Kier alpha value is -2.52. The number of hydrogen-bond donors (Lipinski definition) is 4. The quantitative estimate of drug-likeness (QED) is 0.450. The predicted octanol–water partition coefficient (Wildman–Crippen LogP) is 0.899. The minimum Gasteiger partial charge on any atom is -0.478 e. The fourth-order valence-electron chi connectivity index (χ4n) is 3.45. The van der Waals surface area contributed by atoms with Crippen LogP contribution in [0.3, 0.4) is 0 Å². The number of nitrogens with one attached hydrogen (secondary N) is 1.